The van der Waals surface area contributed by atoms with Crippen molar-refractivity contribution in [2.24, 2.45) is 0 Å². The van der Waals surface area contributed by atoms with Gasteiger partial charge in [-0.05, 0) is 17.0 Å². The summed E-state index contributed by atoms with van der Waals surface area (Å²) in [6.45, 7) is 0. The number of nitrogens with zero attached hydrogens (tertiary/aromatic N) is 1. The molecule has 6 heteroatoms. The Morgan fingerprint density at radius 2 is 1.77 bits per heavy atom. The van der Waals surface area contributed by atoms with E-state index in [1.807, 2.05) is 36.4 Å². The minimum atomic E-state index is -0.403. The van der Waals surface area contributed by atoms with Gasteiger partial charge < -0.3 is 10.7 Å². The summed E-state index contributed by atoms with van der Waals surface area (Å²) in [6, 6.07) is 14.7. The number of anilines is 1. The second kappa shape index (κ2) is 5.16. The summed E-state index contributed by atoms with van der Waals surface area (Å²) in [5.41, 5.74) is 8.13. The predicted octanol–water partition coefficient (Wildman–Crippen LogP) is 3.95. The SMILES string of the molecule is Nc1c(-c2ccc(F)c3[nH]ncc23)c2ccc3ccccc3c2[nH]c1=O. The lowest BCUT2D eigenvalue weighted by Crippen LogP contribution is -2.13. The highest BCUT2D eigenvalue weighted by atomic mass is 19.1. The summed E-state index contributed by atoms with van der Waals surface area (Å²) in [5.74, 6) is -0.403. The third kappa shape index (κ3) is 1.89. The molecule has 3 aromatic carbocycles. The van der Waals surface area contributed by atoms with Crippen molar-refractivity contribution in [2.75, 3.05) is 5.73 Å². The first-order valence-corrected chi connectivity index (χ1v) is 8.10. The maximum atomic E-state index is 14.0. The van der Waals surface area contributed by atoms with Crippen molar-refractivity contribution in [1.82, 2.24) is 15.2 Å². The van der Waals surface area contributed by atoms with Gasteiger partial charge in [0.2, 0.25) is 0 Å². The number of hydrogen-bond donors (Lipinski definition) is 3. The van der Waals surface area contributed by atoms with E-state index in [-0.39, 0.29) is 16.8 Å². The number of benzene rings is 3. The van der Waals surface area contributed by atoms with Crippen LogP contribution in [-0.2, 0) is 0 Å². The van der Waals surface area contributed by atoms with E-state index in [9.17, 15) is 9.18 Å². The zero-order valence-corrected chi connectivity index (χ0v) is 13.5. The lowest BCUT2D eigenvalue weighted by Gasteiger charge is -2.13. The van der Waals surface area contributed by atoms with Gasteiger partial charge in [-0.25, -0.2) is 4.39 Å². The molecular weight excluding hydrogens is 331 g/mol. The molecule has 5 nitrogen and oxygen atoms in total. The van der Waals surface area contributed by atoms with Crippen LogP contribution >= 0.6 is 0 Å². The summed E-state index contributed by atoms with van der Waals surface area (Å²) in [5, 5.41) is 9.92. The summed E-state index contributed by atoms with van der Waals surface area (Å²) in [4.78, 5) is 15.4. The van der Waals surface area contributed by atoms with Gasteiger partial charge in [-0.3, -0.25) is 9.89 Å². The lowest BCUT2D eigenvalue weighted by atomic mass is 9.95. The van der Waals surface area contributed by atoms with Gasteiger partial charge in [0.05, 0.1) is 11.7 Å². The molecule has 5 rings (SSSR count). The number of aromatic nitrogens is 3. The van der Waals surface area contributed by atoms with Gasteiger partial charge >= 0.3 is 0 Å². The number of nitrogens with one attached hydrogen (secondary N) is 2. The van der Waals surface area contributed by atoms with Crippen LogP contribution in [-0.4, -0.2) is 15.2 Å². The first-order chi connectivity index (χ1) is 12.6. The lowest BCUT2D eigenvalue weighted by molar-refractivity contribution is 0.636. The van der Waals surface area contributed by atoms with Gasteiger partial charge in [-0.2, -0.15) is 5.10 Å². The van der Waals surface area contributed by atoms with Crippen molar-refractivity contribution in [3.63, 3.8) is 0 Å². The maximum Gasteiger partial charge on any atom is 0.272 e. The number of nitrogens with two attached hydrogens (primary N) is 1. The van der Waals surface area contributed by atoms with E-state index in [1.54, 1.807) is 12.3 Å². The summed E-state index contributed by atoms with van der Waals surface area (Å²) >= 11 is 0. The molecule has 0 atom stereocenters. The smallest absolute Gasteiger partial charge is 0.272 e. The van der Waals surface area contributed by atoms with Gasteiger partial charge in [0.1, 0.15) is 17.0 Å². The van der Waals surface area contributed by atoms with Crippen molar-refractivity contribution in [2.45, 2.75) is 0 Å². The van der Waals surface area contributed by atoms with Gasteiger partial charge in [-0.1, -0.05) is 42.5 Å². The molecule has 0 aliphatic heterocycles. The monoisotopic (exact) mass is 344 g/mol. The van der Waals surface area contributed by atoms with Gasteiger partial charge in [-0.15, -0.1) is 0 Å². The number of rotatable bonds is 1. The largest absolute Gasteiger partial charge is 0.394 e. The number of hydrogen-bond acceptors (Lipinski definition) is 3. The van der Waals surface area contributed by atoms with Crippen LogP contribution in [0.25, 0.3) is 43.7 Å². The minimum Gasteiger partial charge on any atom is -0.394 e. The average molecular weight is 344 g/mol. The van der Waals surface area contributed by atoms with Crippen molar-refractivity contribution in [3.8, 4) is 11.1 Å². The number of aromatic amines is 2. The number of H-pyrrole nitrogens is 2. The van der Waals surface area contributed by atoms with Crippen LogP contribution in [0.3, 0.4) is 0 Å². The third-order valence-corrected chi connectivity index (χ3v) is 4.78. The number of halogens is 1. The first-order valence-electron chi connectivity index (χ1n) is 8.10. The molecule has 0 saturated carbocycles. The van der Waals surface area contributed by atoms with Gasteiger partial charge in [0.15, 0.2) is 0 Å². The molecule has 26 heavy (non-hydrogen) atoms. The normalized spacial score (nSPS) is 11.6. The third-order valence-electron chi connectivity index (χ3n) is 4.78. The Morgan fingerprint density at radius 3 is 2.65 bits per heavy atom. The Bertz CT molecular complexity index is 1380. The fourth-order valence-electron chi connectivity index (χ4n) is 3.56. The van der Waals surface area contributed by atoms with Gasteiger partial charge in [0.25, 0.3) is 5.56 Å². The van der Waals surface area contributed by atoms with Crippen LogP contribution in [0.1, 0.15) is 0 Å². The Kier molecular flexibility index (Phi) is 2.91. The van der Waals surface area contributed by atoms with Crippen molar-refractivity contribution < 1.29 is 4.39 Å². The fraction of sp³-hybridized carbons (Fsp3) is 0. The zero-order valence-electron chi connectivity index (χ0n) is 13.5. The van der Waals surface area contributed by atoms with E-state index in [1.165, 1.54) is 6.07 Å². The van der Waals surface area contributed by atoms with Crippen LogP contribution in [0.4, 0.5) is 10.1 Å². The standard InChI is InChI=1S/C20H13FN4O/c21-15-8-7-12(14-9-23-25-19(14)15)16-13-6-5-10-3-1-2-4-11(10)18(13)24-20(26)17(16)22/h1-9H,22H2,(H,23,25)(H,24,26). The Morgan fingerprint density at radius 1 is 0.923 bits per heavy atom. The molecule has 5 aromatic rings. The van der Waals surface area contributed by atoms with E-state index in [0.717, 1.165) is 16.2 Å². The van der Waals surface area contributed by atoms with Crippen molar-refractivity contribution in [3.05, 3.63) is 70.9 Å². The average Bonchev–Trinajstić information content (AvgIpc) is 3.15. The van der Waals surface area contributed by atoms with E-state index in [4.69, 9.17) is 5.73 Å². The van der Waals surface area contributed by atoms with Crippen LogP contribution in [0.2, 0.25) is 0 Å². The quantitative estimate of drug-likeness (QED) is 0.402. The van der Waals surface area contributed by atoms with Crippen LogP contribution in [0.15, 0.2) is 59.5 Å². The molecule has 126 valence electrons. The number of nitrogen functional groups attached to an aromatic ring is 1. The second-order valence-electron chi connectivity index (χ2n) is 6.21. The molecule has 0 amide bonds. The number of pyridine rings is 1. The molecule has 0 radical (unpaired) electrons. The fourth-order valence-corrected chi connectivity index (χ4v) is 3.56. The van der Waals surface area contributed by atoms with Crippen molar-refractivity contribution >= 4 is 38.3 Å². The highest BCUT2D eigenvalue weighted by Crippen LogP contribution is 2.37. The predicted molar refractivity (Wildman–Crippen MR) is 102 cm³/mol. The molecule has 0 spiro atoms. The Labute approximate surface area is 146 Å². The maximum absolute atomic E-state index is 14.0. The van der Waals surface area contributed by atoms with Crippen LogP contribution < -0.4 is 11.3 Å². The van der Waals surface area contributed by atoms with Crippen molar-refractivity contribution in [1.29, 1.82) is 0 Å². The summed E-state index contributed by atoms with van der Waals surface area (Å²) in [7, 11) is 0. The minimum absolute atomic E-state index is 0.0990. The van der Waals surface area contributed by atoms with E-state index >= 15 is 0 Å². The van der Waals surface area contributed by atoms with E-state index in [0.29, 0.717) is 22.0 Å². The van der Waals surface area contributed by atoms with E-state index in [2.05, 4.69) is 15.2 Å². The topological polar surface area (TPSA) is 87.6 Å². The molecule has 0 aliphatic rings. The molecule has 0 bridgehead atoms. The molecule has 2 aromatic heterocycles. The molecule has 0 saturated heterocycles. The second-order valence-corrected chi connectivity index (χ2v) is 6.21. The summed E-state index contributed by atoms with van der Waals surface area (Å²) in [6.07, 6.45) is 1.54. The Balaban J connectivity index is 2.01. The molecule has 0 unspecified atom stereocenters. The molecule has 0 aliphatic carbocycles. The highest BCUT2D eigenvalue weighted by molar-refractivity contribution is 6.14. The zero-order chi connectivity index (χ0) is 17.8. The van der Waals surface area contributed by atoms with Crippen LogP contribution in [0.5, 0.6) is 0 Å². The Hall–Kier alpha value is -3.67. The molecule has 4 N–H and O–H groups in total. The molecular formula is C20H13FN4O. The molecule has 0 fully saturated rings. The molecule has 2 heterocycles. The van der Waals surface area contributed by atoms with E-state index < -0.39 is 5.82 Å². The van der Waals surface area contributed by atoms with Crippen LogP contribution in [0, 0.1) is 5.82 Å². The van der Waals surface area contributed by atoms with Gasteiger partial charge in [0, 0.05) is 21.7 Å². The summed E-state index contributed by atoms with van der Waals surface area (Å²) < 4.78 is 14.0. The highest BCUT2D eigenvalue weighted by Gasteiger charge is 2.17. The number of fused-ring (bicyclic) bond motifs is 4. The first kappa shape index (κ1) is 14.7.